The van der Waals surface area contributed by atoms with E-state index in [0.717, 1.165) is 21.0 Å². The highest BCUT2D eigenvalue weighted by molar-refractivity contribution is 7.30. The minimum absolute atomic E-state index is 1.08. The molecule has 40 heavy (non-hydrogen) atoms. The van der Waals surface area contributed by atoms with Crippen molar-refractivity contribution in [2.24, 2.45) is 0 Å². The quantitative estimate of drug-likeness (QED) is 0.196. The minimum atomic E-state index is 1.08. The van der Waals surface area contributed by atoms with Gasteiger partial charge in [-0.25, -0.2) is 9.97 Å². The Morgan fingerprint density at radius 2 is 0.800 bits per heavy atom. The number of thiophene rings is 4. The first-order valence-electron chi connectivity index (χ1n) is 12.6. The van der Waals surface area contributed by atoms with Gasteiger partial charge in [-0.3, -0.25) is 0 Å². The van der Waals surface area contributed by atoms with Crippen LogP contribution in [0.2, 0.25) is 0 Å². The lowest BCUT2D eigenvalue weighted by Gasteiger charge is -1.89. The summed E-state index contributed by atoms with van der Waals surface area (Å²) in [5, 5.41) is 4.84. The van der Waals surface area contributed by atoms with Crippen LogP contribution in [-0.4, -0.2) is 9.97 Å². The second kappa shape index (κ2) is 9.14. The first kappa shape index (κ1) is 23.5. The van der Waals surface area contributed by atoms with Gasteiger partial charge < -0.3 is 0 Å². The van der Waals surface area contributed by atoms with Crippen LogP contribution in [0.1, 0.15) is 0 Å². The third-order valence-corrected chi connectivity index (χ3v) is 14.0. The smallest absolute Gasteiger partial charge is 0.134 e. The number of para-hydroxylation sites is 2. The number of fused-ring (bicyclic) bond motifs is 4. The van der Waals surface area contributed by atoms with Gasteiger partial charge in [-0.15, -0.1) is 68.0 Å². The van der Waals surface area contributed by atoms with Gasteiger partial charge in [0.25, 0.3) is 0 Å². The van der Waals surface area contributed by atoms with Gasteiger partial charge in [0.1, 0.15) is 10.0 Å². The van der Waals surface area contributed by atoms with Gasteiger partial charge in [-0.1, -0.05) is 24.3 Å². The van der Waals surface area contributed by atoms with E-state index in [2.05, 4.69) is 97.1 Å². The fourth-order valence-corrected chi connectivity index (χ4v) is 11.3. The Kier molecular flexibility index (Phi) is 5.36. The largest absolute Gasteiger partial charge is 0.235 e. The molecule has 0 atom stereocenters. The van der Waals surface area contributed by atoms with E-state index in [1.165, 1.54) is 58.8 Å². The Labute approximate surface area is 253 Å². The lowest BCUT2D eigenvalue weighted by molar-refractivity contribution is 1.50. The number of thiazole rings is 2. The highest BCUT2D eigenvalue weighted by atomic mass is 32.1. The van der Waals surface area contributed by atoms with Crippen LogP contribution in [-0.2, 0) is 0 Å². The summed E-state index contributed by atoms with van der Waals surface area (Å²) in [6, 6.07) is 35.1. The zero-order valence-electron chi connectivity index (χ0n) is 20.6. The van der Waals surface area contributed by atoms with Crippen LogP contribution in [0.3, 0.4) is 0 Å². The predicted octanol–water partition coefficient (Wildman–Crippen LogP) is 12.1. The predicted molar refractivity (Wildman–Crippen MR) is 181 cm³/mol. The molecule has 9 rings (SSSR count). The van der Waals surface area contributed by atoms with E-state index >= 15 is 0 Å². The monoisotopic (exact) mass is 620 g/mol. The topological polar surface area (TPSA) is 25.8 Å². The molecule has 6 heterocycles. The molecule has 3 aromatic carbocycles. The number of hydrogen-bond acceptors (Lipinski definition) is 8. The van der Waals surface area contributed by atoms with Crippen LogP contribution in [0.25, 0.3) is 79.9 Å². The molecule has 0 radical (unpaired) electrons. The molecule has 8 heteroatoms. The van der Waals surface area contributed by atoms with Gasteiger partial charge >= 0.3 is 0 Å². The van der Waals surface area contributed by atoms with Crippen LogP contribution in [0.5, 0.6) is 0 Å². The third-order valence-electron chi connectivity index (χ3n) is 6.86. The van der Waals surface area contributed by atoms with Crippen molar-refractivity contribution in [3.63, 3.8) is 0 Å². The molecule has 0 unspecified atom stereocenters. The summed E-state index contributed by atoms with van der Waals surface area (Å²) < 4.78 is 5.15. The number of rotatable bonds is 4. The molecule has 9 aromatic rings. The summed E-state index contributed by atoms with van der Waals surface area (Å²) in [6.45, 7) is 0. The summed E-state index contributed by atoms with van der Waals surface area (Å²) in [6.07, 6.45) is 0. The summed E-state index contributed by atoms with van der Waals surface area (Å²) in [7, 11) is 0. The van der Waals surface area contributed by atoms with Crippen LogP contribution < -0.4 is 0 Å². The SMILES string of the molecule is c1ccc2sc(-c3ccc(-c4cc5cc6sc(-c7ccc(-c8nc9ccccc9s8)s7)cc6cc5s4)s3)nc2c1. The number of aromatic nitrogens is 2. The molecule has 0 fully saturated rings. The first-order chi connectivity index (χ1) is 19.7. The summed E-state index contributed by atoms with van der Waals surface area (Å²) >= 11 is 11.0. The molecule has 0 aliphatic heterocycles. The minimum Gasteiger partial charge on any atom is -0.235 e. The maximum absolute atomic E-state index is 4.86. The van der Waals surface area contributed by atoms with Crippen molar-refractivity contribution in [3.8, 4) is 39.3 Å². The highest BCUT2D eigenvalue weighted by Crippen LogP contribution is 2.45. The van der Waals surface area contributed by atoms with Crippen LogP contribution in [0, 0.1) is 0 Å². The van der Waals surface area contributed by atoms with Crippen LogP contribution in [0.4, 0.5) is 0 Å². The molecule has 0 aliphatic rings. The van der Waals surface area contributed by atoms with Crippen molar-refractivity contribution in [3.05, 3.63) is 97.1 Å². The molecule has 0 aliphatic carbocycles. The van der Waals surface area contributed by atoms with Gasteiger partial charge in [0.05, 0.1) is 30.2 Å². The zero-order valence-corrected chi connectivity index (χ0v) is 25.5. The first-order valence-corrected chi connectivity index (χ1v) is 17.5. The molecule has 0 saturated heterocycles. The average molecular weight is 621 g/mol. The van der Waals surface area contributed by atoms with Crippen molar-refractivity contribution >= 4 is 109 Å². The molecule has 0 bridgehead atoms. The third kappa shape index (κ3) is 3.90. The van der Waals surface area contributed by atoms with E-state index in [1.807, 2.05) is 45.3 Å². The van der Waals surface area contributed by atoms with E-state index in [0.29, 0.717) is 0 Å². The van der Waals surface area contributed by atoms with Crippen molar-refractivity contribution in [2.75, 3.05) is 0 Å². The van der Waals surface area contributed by atoms with Crippen molar-refractivity contribution in [2.45, 2.75) is 0 Å². The molecular formula is C32H16N2S6. The van der Waals surface area contributed by atoms with E-state index < -0.39 is 0 Å². The van der Waals surface area contributed by atoms with E-state index in [4.69, 9.17) is 9.97 Å². The number of hydrogen-bond donors (Lipinski definition) is 0. The van der Waals surface area contributed by atoms with Gasteiger partial charge in [-0.05, 0) is 83.6 Å². The lowest BCUT2D eigenvalue weighted by atomic mass is 10.2. The standard InChI is InChI=1S/C32H16N2S6/c1-3-7-21-19(5-1)33-31(39-21)25-11-9-23(35-25)29-15-17-13-28-18(14-27(17)37-29)16-30(38-28)24-10-12-26(36-24)32-34-20-6-2-4-8-22(20)40-32/h1-16H. The number of nitrogens with zero attached hydrogens (tertiary/aromatic N) is 2. The second-order valence-corrected chi connectivity index (χ2v) is 15.8. The fraction of sp³-hybridized carbons (Fsp3) is 0. The molecule has 0 saturated carbocycles. The molecule has 190 valence electrons. The Balaban J connectivity index is 1.03. The Morgan fingerprint density at radius 1 is 0.350 bits per heavy atom. The van der Waals surface area contributed by atoms with Crippen LogP contribution >= 0.6 is 68.0 Å². The van der Waals surface area contributed by atoms with Crippen molar-refractivity contribution in [1.82, 2.24) is 9.97 Å². The molecule has 6 aromatic heterocycles. The lowest BCUT2D eigenvalue weighted by Crippen LogP contribution is -1.67. The summed E-state index contributed by atoms with van der Waals surface area (Å²) in [4.78, 5) is 17.4. The van der Waals surface area contributed by atoms with Gasteiger partial charge in [0.15, 0.2) is 0 Å². The highest BCUT2D eigenvalue weighted by Gasteiger charge is 2.15. The maximum Gasteiger partial charge on any atom is 0.134 e. The van der Waals surface area contributed by atoms with Crippen molar-refractivity contribution < 1.29 is 0 Å². The molecule has 0 spiro atoms. The van der Waals surface area contributed by atoms with Crippen molar-refractivity contribution in [1.29, 1.82) is 0 Å². The molecule has 0 amide bonds. The summed E-state index contributed by atoms with van der Waals surface area (Å²) in [5.41, 5.74) is 2.16. The Morgan fingerprint density at radius 3 is 1.27 bits per heavy atom. The van der Waals surface area contributed by atoms with E-state index in [1.54, 1.807) is 22.7 Å². The summed E-state index contributed by atoms with van der Waals surface area (Å²) in [5.74, 6) is 0. The van der Waals surface area contributed by atoms with Gasteiger partial charge in [0.2, 0.25) is 0 Å². The molecule has 0 N–H and O–H groups in total. The average Bonchev–Trinajstić information content (AvgIpc) is 3.80. The zero-order chi connectivity index (χ0) is 26.2. The molecule has 2 nitrogen and oxygen atoms in total. The van der Waals surface area contributed by atoms with E-state index in [-0.39, 0.29) is 0 Å². The Bertz CT molecular complexity index is 2080. The Hall–Kier alpha value is -3.24. The molecular weight excluding hydrogens is 605 g/mol. The number of benzene rings is 3. The van der Waals surface area contributed by atoms with Gasteiger partial charge in [-0.2, -0.15) is 0 Å². The fourth-order valence-electron chi connectivity index (χ4n) is 4.94. The second-order valence-electron chi connectivity index (χ2n) is 9.45. The normalized spacial score (nSPS) is 12.0. The maximum atomic E-state index is 4.86. The van der Waals surface area contributed by atoms with Crippen LogP contribution in [0.15, 0.2) is 97.1 Å². The van der Waals surface area contributed by atoms with Gasteiger partial charge in [0, 0.05) is 28.9 Å². The van der Waals surface area contributed by atoms with E-state index in [9.17, 15) is 0 Å².